The molecule has 0 nitrogen and oxygen atoms in total. The molecule has 0 fully saturated rings. The van der Waals surface area contributed by atoms with Gasteiger partial charge in [-0.2, -0.15) is 0 Å². The van der Waals surface area contributed by atoms with Crippen molar-refractivity contribution in [3.05, 3.63) is 77.4 Å². The van der Waals surface area contributed by atoms with Gasteiger partial charge in [-0.15, -0.1) is 11.8 Å². The van der Waals surface area contributed by atoms with E-state index in [4.69, 9.17) is 0 Å². The van der Waals surface area contributed by atoms with E-state index in [1.54, 1.807) is 5.57 Å². The maximum atomic E-state index is 2.41. The van der Waals surface area contributed by atoms with E-state index in [1.807, 2.05) is 11.8 Å². The molecule has 1 heterocycles. The van der Waals surface area contributed by atoms with Crippen LogP contribution < -0.4 is 0 Å². The monoisotopic (exact) mass is 252 g/mol. The summed E-state index contributed by atoms with van der Waals surface area (Å²) in [7, 11) is 0. The zero-order chi connectivity index (χ0) is 12.2. The summed E-state index contributed by atoms with van der Waals surface area (Å²) < 4.78 is 0. The molecule has 0 saturated heterocycles. The van der Waals surface area contributed by atoms with E-state index in [1.165, 1.54) is 16.0 Å². The molecule has 0 unspecified atom stereocenters. The zero-order valence-electron chi connectivity index (χ0n) is 10.3. The fraction of sp³-hybridized carbons (Fsp3) is 0.176. The maximum Gasteiger partial charge on any atom is 0.0194 e. The number of allylic oxidation sites excluding steroid dienone is 1. The Kier molecular flexibility index (Phi) is 3.51. The summed E-state index contributed by atoms with van der Waals surface area (Å²) in [5.41, 5.74) is 4.42. The average molecular weight is 252 g/mol. The van der Waals surface area contributed by atoms with Crippen LogP contribution in [0.5, 0.6) is 0 Å². The van der Waals surface area contributed by atoms with Gasteiger partial charge in [0.15, 0.2) is 0 Å². The highest BCUT2D eigenvalue weighted by atomic mass is 32.2. The van der Waals surface area contributed by atoms with Crippen molar-refractivity contribution < 1.29 is 0 Å². The molecule has 0 spiro atoms. The highest BCUT2D eigenvalue weighted by Gasteiger charge is 2.09. The van der Waals surface area contributed by atoms with Crippen LogP contribution in [0, 0.1) is 0 Å². The molecular weight excluding hydrogens is 236 g/mol. The van der Waals surface area contributed by atoms with E-state index >= 15 is 0 Å². The minimum atomic E-state index is 1.07. The number of fused-ring (bicyclic) bond motifs is 1. The van der Waals surface area contributed by atoms with Gasteiger partial charge in [0.05, 0.1) is 0 Å². The van der Waals surface area contributed by atoms with Gasteiger partial charge in [0.25, 0.3) is 0 Å². The standard InChI is InChI=1S/C17H16S/c1-2-6-14(7-3-1)12-15-10-11-16-8-4-5-9-17(16)18-13-15/h1-10H,11-13H2. The quantitative estimate of drug-likeness (QED) is 0.709. The van der Waals surface area contributed by atoms with E-state index < -0.39 is 0 Å². The van der Waals surface area contributed by atoms with E-state index in [0.29, 0.717) is 0 Å². The summed E-state index contributed by atoms with van der Waals surface area (Å²) >= 11 is 1.97. The predicted molar refractivity (Wildman–Crippen MR) is 79.1 cm³/mol. The van der Waals surface area contributed by atoms with E-state index in [9.17, 15) is 0 Å². The van der Waals surface area contributed by atoms with Gasteiger partial charge in [0.1, 0.15) is 0 Å². The Labute approximate surface area is 113 Å². The molecule has 2 aromatic rings. The number of hydrogen-bond donors (Lipinski definition) is 0. The number of thioether (sulfide) groups is 1. The lowest BCUT2D eigenvalue weighted by Gasteiger charge is -2.05. The molecular formula is C17H16S. The van der Waals surface area contributed by atoms with Crippen LogP contribution >= 0.6 is 11.8 Å². The summed E-state index contributed by atoms with van der Waals surface area (Å²) in [5, 5.41) is 0. The Bertz CT molecular complexity index is 555. The van der Waals surface area contributed by atoms with Crippen LogP contribution in [-0.2, 0) is 12.8 Å². The second-order valence-electron chi connectivity index (χ2n) is 4.63. The number of benzene rings is 2. The normalized spacial score (nSPS) is 14.6. The third-order valence-corrected chi connectivity index (χ3v) is 4.49. The smallest absolute Gasteiger partial charge is 0.0194 e. The number of rotatable bonds is 2. The van der Waals surface area contributed by atoms with Gasteiger partial charge >= 0.3 is 0 Å². The molecule has 1 aliphatic rings. The minimum absolute atomic E-state index is 1.07. The first-order valence-corrected chi connectivity index (χ1v) is 7.33. The summed E-state index contributed by atoms with van der Waals surface area (Å²) in [6.07, 6.45) is 4.57. The van der Waals surface area contributed by atoms with E-state index in [0.717, 1.165) is 18.6 Å². The second-order valence-corrected chi connectivity index (χ2v) is 5.64. The Hall–Kier alpha value is -1.47. The highest BCUT2D eigenvalue weighted by Crippen LogP contribution is 2.29. The SMILES string of the molecule is C1=C(Cc2ccccc2)CSc2ccccc2C1. The van der Waals surface area contributed by atoms with Crippen LogP contribution in [0.1, 0.15) is 11.1 Å². The van der Waals surface area contributed by atoms with Crippen LogP contribution in [0.25, 0.3) is 0 Å². The predicted octanol–water partition coefficient (Wildman–Crippen LogP) is 4.50. The van der Waals surface area contributed by atoms with Gasteiger partial charge in [-0.1, -0.05) is 60.2 Å². The van der Waals surface area contributed by atoms with Crippen LogP contribution in [0.3, 0.4) is 0 Å². The molecule has 3 rings (SSSR count). The average Bonchev–Trinajstić information content (AvgIpc) is 2.63. The Morgan fingerprint density at radius 1 is 0.889 bits per heavy atom. The first-order chi connectivity index (χ1) is 8.92. The Balaban J connectivity index is 1.76. The van der Waals surface area contributed by atoms with Crippen molar-refractivity contribution in [3.8, 4) is 0 Å². The van der Waals surface area contributed by atoms with Gasteiger partial charge in [-0.3, -0.25) is 0 Å². The van der Waals surface area contributed by atoms with Crippen molar-refractivity contribution in [2.24, 2.45) is 0 Å². The first-order valence-electron chi connectivity index (χ1n) is 6.34. The lowest BCUT2D eigenvalue weighted by Crippen LogP contribution is -1.93. The summed E-state index contributed by atoms with van der Waals surface area (Å²) in [4.78, 5) is 1.44. The lowest BCUT2D eigenvalue weighted by molar-refractivity contribution is 1.11. The molecule has 2 aromatic carbocycles. The van der Waals surface area contributed by atoms with Crippen molar-refractivity contribution in [1.82, 2.24) is 0 Å². The molecule has 90 valence electrons. The van der Waals surface area contributed by atoms with Crippen molar-refractivity contribution in [2.45, 2.75) is 17.7 Å². The highest BCUT2D eigenvalue weighted by molar-refractivity contribution is 7.99. The first kappa shape index (κ1) is 11.6. The molecule has 18 heavy (non-hydrogen) atoms. The Morgan fingerprint density at radius 2 is 1.67 bits per heavy atom. The molecule has 0 aliphatic carbocycles. The topological polar surface area (TPSA) is 0 Å². The van der Waals surface area contributed by atoms with Gasteiger partial charge in [0, 0.05) is 10.6 Å². The second kappa shape index (κ2) is 5.45. The molecule has 0 N–H and O–H groups in total. The van der Waals surface area contributed by atoms with Crippen molar-refractivity contribution in [3.63, 3.8) is 0 Å². The van der Waals surface area contributed by atoms with E-state index in [-0.39, 0.29) is 0 Å². The van der Waals surface area contributed by atoms with Crippen molar-refractivity contribution in [1.29, 1.82) is 0 Å². The molecule has 0 radical (unpaired) electrons. The largest absolute Gasteiger partial charge is 0.121 e. The van der Waals surface area contributed by atoms with Gasteiger partial charge in [-0.05, 0) is 30.0 Å². The summed E-state index contributed by atoms with van der Waals surface area (Å²) in [6.45, 7) is 0. The molecule has 0 saturated carbocycles. The van der Waals surface area contributed by atoms with E-state index in [2.05, 4.69) is 60.7 Å². The third-order valence-electron chi connectivity index (χ3n) is 3.27. The summed E-state index contributed by atoms with van der Waals surface area (Å²) in [6, 6.07) is 19.5. The third kappa shape index (κ3) is 2.68. The zero-order valence-corrected chi connectivity index (χ0v) is 11.1. The fourth-order valence-corrected chi connectivity index (χ4v) is 3.35. The Morgan fingerprint density at radius 3 is 2.56 bits per heavy atom. The molecule has 0 amide bonds. The molecule has 0 atom stereocenters. The van der Waals surface area contributed by atoms with Crippen LogP contribution in [0.2, 0.25) is 0 Å². The molecule has 1 aliphatic heterocycles. The van der Waals surface area contributed by atoms with Gasteiger partial charge in [-0.25, -0.2) is 0 Å². The molecule has 0 aromatic heterocycles. The maximum absolute atomic E-state index is 2.41. The van der Waals surface area contributed by atoms with Gasteiger partial charge in [0.2, 0.25) is 0 Å². The lowest BCUT2D eigenvalue weighted by atomic mass is 10.0. The van der Waals surface area contributed by atoms with Crippen LogP contribution in [0.15, 0.2) is 71.1 Å². The number of hydrogen-bond acceptors (Lipinski definition) is 1. The van der Waals surface area contributed by atoms with Crippen LogP contribution in [0.4, 0.5) is 0 Å². The van der Waals surface area contributed by atoms with Crippen molar-refractivity contribution in [2.75, 3.05) is 5.75 Å². The van der Waals surface area contributed by atoms with Crippen LogP contribution in [-0.4, -0.2) is 5.75 Å². The molecule has 1 heteroatoms. The fourth-order valence-electron chi connectivity index (χ4n) is 2.28. The van der Waals surface area contributed by atoms with Crippen molar-refractivity contribution >= 4 is 11.8 Å². The minimum Gasteiger partial charge on any atom is -0.121 e. The van der Waals surface area contributed by atoms with Gasteiger partial charge < -0.3 is 0 Å². The molecule has 0 bridgehead atoms. The summed E-state index contributed by atoms with van der Waals surface area (Å²) in [5.74, 6) is 1.12.